The standard InChI is InChI=1S/C16H22FNO2/c1-11-4-3-5-13(8-6-11)18-15-10-12(16(19)20-2)7-9-14(15)17/h7,9-11,13,18H,3-6,8H2,1-2H3. The fourth-order valence-electron chi connectivity index (χ4n) is 2.73. The maximum absolute atomic E-state index is 13.9. The van der Waals surface area contributed by atoms with Gasteiger partial charge in [0.2, 0.25) is 0 Å². The molecule has 2 unspecified atom stereocenters. The number of ether oxygens (including phenoxy) is 1. The van der Waals surface area contributed by atoms with Crippen molar-refractivity contribution in [1.82, 2.24) is 0 Å². The molecule has 1 aromatic rings. The first-order valence-corrected chi connectivity index (χ1v) is 7.24. The molecule has 2 rings (SSSR count). The van der Waals surface area contributed by atoms with E-state index in [0.717, 1.165) is 31.6 Å². The van der Waals surface area contributed by atoms with Crippen LogP contribution in [0.3, 0.4) is 0 Å². The molecule has 3 nitrogen and oxygen atoms in total. The zero-order valence-electron chi connectivity index (χ0n) is 12.1. The number of hydrogen-bond donors (Lipinski definition) is 1. The number of hydrogen-bond acceptors (Lipinski definition) is 3. The molecule has 1 N–H and O–H groups in total. The Hall–Kier alpha value is -1.58. The molecule has 0 heterocycles. The van der Waals surface area contributed by atoms with Crippen LogP contribution in [-0.2, 0) is 4.74 Å². The van der Waals surface area contributed by atoms with Crippen LogP contribution in [0.1, 0.15) is 49.4 Å². The molecule has 0 bridgehead atoms. The minimum Gasteiger partial charge on any atom is -0.465 e. The van der Waals surface area contributed by atoms with Crippen molar-refractivity contribution < 1.29 is 13.9 Å². The van der Waals surface area contributed by atoms with Crippen LogP contribution in [0.4, 0.5) is 10.1 Å². The summed E-state index contributed by atoms with van der Waals surface area (Å²) in [4.78, 5) is 11.5. The zero-order chi connectivity index (χ0) is 14.5. The van der Waals surface area contributed by atoms with Crippen molar-refractivity contribution in [3.05, 3.63) is 29.6 Å². The number of methoxy groups -OCH3 is 1. The molecule has 110 valence electrons. The highest BCUT2D eigenvalue weighted by Gasteiger charge is 2.18. The molecular weight excluding hydrogens is 257 g/mol. The fraction of sp³-hybridized carbons (Fsp3) is 0.562. The maximum atomic E-state index is 13.9. The van der Waals surface area contributed by atoms with E-state index in [9.17, 15) is 9.18 Å². The average Bonchev–Trinajstić information content (AvgIpc) is 2.65. The second kappa shape index (κ2) is 6.73. The number of carbonyl (C=O) groups excluding carboxylic acids is 1. The number of esters is 1. The van der Waals surface area contributed by atoms with Crippen molar-refractivity contribution >= 4 is 11.7 Å². The van der Waals surface area contributed by atoms with E-state index in [0.29, 0.717) is 11.3 Å². The zero-order valence-corrected chi connectivity index (χ0v) is 12.1. The lowest BCUT2D eigenvalue weighted by molar-refractivity contribution is 0.0600. The van der Waals surface area contributed by atoms with E-state index in [1.54, 1.807) is 0 Å². The Morgan fingerprint density at radius 3 is 2.85 bits per heavy atom. The van der Waals surface area contributed by atoms with E-state index in [1.807, 2.05) is 0 Å². The third kappa shape index (κ3) is 3.71. The maximum Gasteiger partial charge on any atom is 0.337 e. The molecule has 0 aromatic heterocycles. The van der Waals surface area contributed by atoms with Gasteiger partial charge >= 0.3 is 5.97 Å². The first-order chi connectivity index (χ1) is 9.60. The summed E-state index contributed by atoms with van der Waals surface area (Å²) in [7, 11) is 1.32. The van der Waals surface area contributed by atoms with Gasteiger partial charge < -0.3 is 10.1 Å². The van der Waals surface area contributed by atoms with Crippen LogP contribution in [0, 0.1) is 11.7 Å². The SMILES string of the molecule is COC(=O)c1ccc(F)c(NC2CCCC(C)CC2)c1. The monoisotopic (exact) mass is 279 g/mol. The van der Waals surface area contributed by atoms with Crippen molar-refractivity contribution in [2.45, 2.75) is 45.1 Å². The average molecular weight is 279 g/mol. The Bertz CT molecular complexity index is 476. The summed E-state index contributed by atoms with van der Waals surface area (Å²) >= 11 is 0. The van der Waals surface area contributed by atoms with E-state index in [-0.39, 0.29) is 11.9 Å². The first kappa shape index (κ1) is 14.8. The summed E-state index contributed by atoms with van der Waals surface area (Å²) in [5, 5.41) is 3.25. The third-order valence-electron chi connectivity index (χ3n) is 4.00. The van der Waals surface area contributed by atoms with E-state index in [4.69, 9.17) is 0 Å². The molecule has 1 aromatic carbocycles. The number of halogens is 1. The quantitative estimate of drug-likeness (QED) is 0.671. The van der Waals surface area contributed by atoms with Gasteiger partial charge in [0.25, 0.3) is 0 Å². The van der Waals surface area contributed by atoms with Crippen LogP contribution in [0.5, 0.6) is 0 Å². The van der Waals surface area contributed by atoms with Gasteiger partial charge in [-0.25, -0.2) is 9.18 Å². The fourth-order valence-corrected chi connectivity index (χ4v) is 2.73. The van der Waals surface area contributed by atoms with Gasteiger partial charge in [0, 0.05) is 6.04 Å². The molecule has 20 heavy (non-hydrogen) atoms. The second-order valence-corrected chi connectivity index (χ2v) is 5.64. The number of anilines is 1. The highest BCUT2D eigenvalue weighted by atomic mass is 19.1. The van der Waals surface area contributed by atoms with E-state index >= 15 is 0 Å². The third-order valence-corrected chi connectivity index (χ3v) is 4.00. The van der Waals surface area contributed by atoms with Crippen molar-refractivity contribution in [2.75, 3.05) is 12.4 Å². The van der Waals surface area contributed by atoms with Crippen molar-refractivity contribution in [1.29, 1.82) is 0 Å². The normalized spacial score (nSPS) is 22.9. The molecule has 0 radical (unpaired) electrons. The molecule has 0 aliphatic heterocycles. The summed E-state index contributed by atoms with van der Waals surface area (Å²) in [5.74, 6) is -0.0227. The lowest BCUT2D eigenvalue weighted by atomic mass is 10.0. The second-order valence-electron chi connectivity index (χ2n) is 5.64. The smallest absolute Gasteiger partial charge is 0.337 e. The molecule has 2 atom stereocenters. The van der Waals surface area contributed by atoms with Crippen LogP contribution < -0.4 is 5.32 Å². The van der Waals surface area contributed by atoms with Gasteiger partial charge in [0.05, 0.1) is 18.4 Å². The van der Waals surface area contributed by atoms with Gasteiger partial charge in [0.1, 0.15) is 5.82 Å². The Labute approximate surface area is 119 Å². The Balaban J connectivity index is 2.09. The lowest BCUT2D eigenvalue weighted by Gasteiger charge is -2.18. The summed E-state index contributed by atoms with van der Waals surface area (Å²) in [5.41, 5.74) is 0.769. The predicted octanol–water partition coefficient (Wildman–Crippen LogP) is 3.99. The topological polar surface area (TPSA) is 38.3 Å². The van der Waals surface area contributed by atoms with Gasteiger partial charge in [-0.2, -0.15) is 0 Å². The van der Waals surface area contributed by atoms with Gasteiger partial charge in [-0.1, -0.05) is 19.8 Å². The summed E-state index contributed by atoms with van der Waals surface area (Å²) in [6.07, 6.45) is 5.66. The predicted molar refractivity (Wildman–Crippen MR) is 77.4 cm³/mol. The van der Waals surface area contributed by atoms with Crippen LogP contribution in [0.15, 0.2) is 18.2 Å². The Morgan fingerprint density at radius 2 is 2.10 bits per heavy atom. The molecule has 0 amide bonds. The number of nitrogens with one attached hydrogen (secondary N) is 1. The van der Waals surface area contributed by atoms with Gasteiger partial charge in [0.15, 0.2) is 0 Å². The summed E-state index contributed by atoms with van der Waals surface area (Å²) in [6.45, 7) is 2.26. The van der Waals surface area contributed by atoms with Crippen LogP contribution in [0.2, 0.25) is 0 Å². The number of rotatable bonds is 3. The number of carbonyl (C=O) groups is 1. The molecule has 1 saturated carbocycles. The van der Waals surface area contributed by atoms with Crippen LogP contribution in [-0.4, -0.2) is 19.1 Å². The molecular formula is C16H22FNO2. The molecule has 0 saturated heterocycles. The Kier molecular flexibility index (Phi) is 4.99. The molecule has 1 aliphatic rings. The highest BCUT2D eigenvalue weighted by molar-refractivity contribution is 5.90. The highest BCUT2D eigenvalue weighted by Crippen LogP contribution is 2.26. The molecule has 4 heteroatoms. The summed E-state index contributed by atoms with van der Waals surface area (Å²) < 4.78 is 18.5. The van der Waals surface area contributed by atoms with Gasteiger partial charge in [-0.15, -0.1) is 0 Å². The minimum atomic E-state index is -0.442. The molecule has 1 aliphatic carbocycles. The van der Waals surface area contributed by atoms with Gasteiger partial charge in [-0.3, -0.25) is 0 Å². The summed E-state index contributed by atoms with van der Waals surface area (Å²) in [6, 6.07) is 4.58. The van der Waals surface area contributed by atoms with Crippen molar-refractivity contribution in [3.8, 4) is 0 Å². The van der Waals surface area contributed by atoms with Crippen molar-refractivity contribution in [3.63, 3.8) is 0 Å². The van der Waals surface area contributed by atoms with E-state index in [1.165, 1.54) is 31.7 Å². The van der Waals surface area contributed by atoms with Crippen LogP contribution >= 0.6 is 0 Å². The molecule has 1 fully saturated rings. The number of benzene rings is 1. The largest absolute Gasteiger partial charge is 0.465 e. The lowest BCUT2D eigenvalue weighted by Crippen LogP contribution is -2.19. The van der Waals surface area contributed by atoms with E-state index in [2.05, 4.69) is 17.0 Å². The van der Waals surface area contributed by atoms with E-state index < -0.39 is 5.97 Å². The van der Waals surface area contributed by atoms with Crippen molar-refractivity contribution in [2.24, 2.45) is 5.92 Å². The molecule has 0 spiro atoms. The van der Waals surface area contributed by atoms with Crippen LogP contribution in [0.25, 0.3) is 0 Å². The Morgan fingerprint density at radius 1 is 1.30 bits per heavy atom. The first-order valence-electron chi connectivity index (χ1n) is 7.24. The van der Waals surface area contributed by atoms with Gasteiger partial charge in [-0.05, 0) is 43.4 Å². The minimum absolute atomic E-state index is 0.280.